The topological polar surface area (TPSA) is 105 Å². The van der Waals surface area contributed by atoms with Gasteiger partial charge in [-0.2, -0.15) is 18.2 Å². The minimum Gasteiger partial charge on any atom is -0.394 e. The van der Waals surface area contributed by atoms with Crippen molar-refractivity contribution < 1.29 is 36.8 Å². The van der Waals surface area contributed by atoms with Crippen LogP contribution in [0.3, 0.4) is 0 Å². The van der Waals surface area contributed by atoms with Crippen LogP contribution in [-0.2, 0) is 0 Å². The first-order valence-electron chi connectivity index (χ1n) is 8.42. The number of halogens is 4. The lowest BCUT2D eigenvalue weighted by Gasteiger charge is -2.12. The van der Waals surface area contributed by atoms with Gasteiger partial charge in [0.25, 0.3) is 17.6 Å². The third kappa shape index (κ3) is 4.69. The lowest BCUT2D eigenvalue weighted by atomic mass is 10.1. The second-order valence-corrected chi connectivity index (χ2v) is 6.08. The van der Waals surface area contributed by atoms with E-state index >= 15 is 0 Å². The molecule has 0 radical (unpaired) electrons. The molecular formula is C19H13F4N3O4. The number of benzene rings is 2. The first-order valence-corrected chi connectivity index (χ1v) is 8.42. The van der Waals surface area contributed by atoms with Crippen LogP contribution in [0.1, 0.15) is 32.6 Å². The van der Waals surface area contributed by atoms with Gasteiger partial charge in [0.1, 0.15) is 11.9 Å². The Morgan fingerprint density at radius 3 is 2.20 bits per heavy atom. The number of nitrogens with zero attached hydrogens (tertiary/aromatic N) is 2. The van der Waals surface area contributed by atoms with Gasteiger partial charge in [0.15, 0.2) is 0 Å². The smallest absolute Gasteiger partial charge is 0.394 e. The van der Waals surface area contributed by atoms with Crippen molar-refractivity contribution in [1.82, 2.24) is 15.5 Å². The fraction of sp³-hybridized carbons (Fsp3) is 0.158. The molecule has 2 N–H and O–H groups in total. The number of nitrogens with one attached hydrogen (secondary N) is 1. The minimum absolute atomic E-state index is 0.0227. The summed E-state index contributed by atoms with van der Waals surface area (Å²) in [5.41, 5.74) is -0.153. The molecule has 11 heteroatoms. The van der Waals surface area contributed by atoms with Gasteiger partial charge in [0.05, 0.1) is 6.61 Å². The number of rotatable bonds is 6. The SMILES string of the molecule is O=C(NC(CO)c1nc(-c2ccc(C(=O)C(F)(F)F)cc2)no1)c1ccc(F)cc1. The summed E-state index contributed by atoms with van der Waals surface area (Å²) in [5, 5.41) is 15.6. The van der Waals surface area contributed by atoms with Crippen molar-refractivity contribution in [1.29, 1.82) is 0 Å². The van der Waals surface area contributed by atoms with Crippen LogP contribution in [0.2, 0.25) is 0 Å². The van der Waals surface area contributed by atoms with E-state index in [9.17, 15) is 32.3 Å². The summed E-state index contributed by atoms with van der Waals surface area (Å²) in [4.78, 5) is 27.4. The summed E-state index contributed by atoms with van der Waals surface area (Å²) in [7, 11) is 0. The molecule has 30 heavy (non-hydrogen) atoms. The van der Waals surface area contributed by atoms with Crippen molar-refractivity contribution >= 4 is 11.7 Å². The van der Waals surface area contributed by atoms with E-state index in [0.717, 1.165) is 24.3 Å². The van der Waals surface area contributed by atoms with Gasteiger partial charge in [-0.15, -0.1) is 0 Å². The van der Waals surface area contributed by atoms with Crippen LogP contribution in [0.15, 0.2) is 53.1 Å². The van der Waals surface area contributed by atoms with Gasteiger partial charge in [-0.05, 0) is 24.3 Å². The standard InChI is InChI=1S/C19H13F4N3O4/c20-13-7-5-12(6-8-13)17(29)24-14(9-27)18-25-16(26-30-18)11-3-1-10(2-4-11)15(28)19(21,22)23/h1-8,14,27H,9H2,(H,24,29). The molecule has 0 aliphatic carbocycles. The van der Waals surface area contributed by atoms with E-state index in [1.54, 1.807) is 0 Å². The molecule has 7 nitrogen and oxygen atoms in total. The number of carbonyl (C=O) groups excluding carboxylic acids is 2. The maximum absolute atomic E-state index is 13.0. The predicted molar refractivity (Wildman–Crippen MR) is 93.8 cm³/mol. The zero-order valence-electron chi connectivity index (χ0n) is 15.0. The quantitative estimate of drug-likeness (QED) is 0.466. The molecule has 1 unspecified atom stereocenters. The molecule has 156 valence electrons. The molecule has 0 saturated carbocycles. The Hall–Kier alpha value is -3.60. The highest BCUT2D eigenvalue weighted by Crippen LogP contribution is 2.24. The highest BCUT2D eigenvalue weighted by molar-refractivity contribution is 6.00. The summed E-state index contributed by atoms with van der Waals surface area (Å²) in [6, 6.07) is 7.99. The number of aromatic nitrogens is 2. The summed E-state index contributed by atoms with van der Waals surface area (Å²) in [6.07, 6.45) is -4.99. The fourth-order valence-corrected chi connectivity index (χ4v) is 2.46. The van der Waals surface area contributed by atoms with Crippen LogP contribution in [0.5, 0.6) is 0 Å². The third-order valence-electron chi connectivity index (χ3n) is 4.00. The average molecular weight is 423 g/mol. The third-order valence-corrected chi connectivity index (χ3v) is 4.00. The van der Waals surface area contributed by atoms with Crippen molar-refractivity contribution in [2.24, 2.45) is 0 Å². The van der Waals surface area contributed by atoms with Crippen LogP contribution in [0, 0.1) is 5.82 Å². The summed E-state index contributed by atoms with van der Waals surface area (Å²) in [6.45, 7) is -0.590. The molecule has 0 fully saturated rings. The van der Waals surface area contributed by atoms with E-state index in [2.05, 4.69) is 15.5 Å². The molecule has 3 aromatic rings. The van der Waals surface area contributed by atoms with Crippen molar-refractivity contribution in [2.45, 2.75) is 12.2 Å². The van der Waals surface area contributed by atoms with E-state index in [1.165, 1.54) is 24.3 Å². The van der Waals surface area contributed by atoms with Gasteiger partial charge in [-0.1, -0.05) is 29.4 Å². The second kappa shape index (κ2) is 8.41. The number of amides is 1. The van der Waals surface area contributed by atoms with Crippen LogP contribution in [0.4, 0.5) is 17.6 Å². The van der Waals surface area contributed by atoms with E-state index in [0.29, 0.717) is 0 Å². The van der Waals surface area contributed by atoms with Gasteiger partial charge >= 0.3 is 6.18 Å². The maximum Gasteiger partial charge on any atom is 0.454 e. The van der Waals surface area contributed by atoms with E-state index in [4.69, 9.17) is 4.52 Å². The van der Waals surface area contributed by atoms with Crippen LogP contribution < -0.4 is 5.32 Å². The Balaban J connectivity index is 1.74. The van der Waals surface area contributed by atoms with E-state index in [1.807, 2.05) is 0 Å². The Morgan fingerprint density at radius 2 is 1.63 bits per heavy atom. The summed E-state index contributed by atoms with van der Waals surface area (Å²) < 4.78 is 55.4. The zero-order valence-corrected chi connectivity index (χ0v) is 15.0. The first-order chi connectivity index (χ1) is 14.2. The molecule has 0 aliphatic heterocycles. The molecule has 1 amide bonds. The van der Waals surface area contributed by atoms with Gasteiger partial charge < -0.3 is 14.9 Å². The van der Waals surface area contributed by atoms with Gasteiger partial charge in [0, 0.05) is 16.7 Å². The monoisotopic (exact) mass is 423 g/mol. The van der Waals surface area contributed by atoms with Gasteiger partial charge in [-0.3, -0.25) is 9.59 Å². The van der Waals surface area contributed by atoms with Gasteiger partial charge in [-0.25, -0.2) is 4.39 Å². The average Bonchev–Trinajstić information content (AvgIpc) is 3.21. The van der Waals surface area contributed by atoms with Crippen molar-refractivity contribution in [3.8, 4) is 11.4 Å². The Bertz CT molecular complexity index is 1050. The molecule has 0 aliphatic rings. The lowest BCUT2D eigenvalue weighted by molar-refractivity contribution is -0.0885. The number of Topliss-reactive ketones (excluding diaryl/α,β-unsaturated/α-hetero) is 1. The molecule has 2 aromatic carbocycles. The fourth-order valence-electron chi connectivity index (χ4n) is 2.46. The van der Waals surface area contributed by atoms with Crippen molar-refractivity contribution in [2.75, 3.05) is 6.61 Å². The number of hydrogen-bond donors (Lipinski definition) is 2. The second-order valence-electron chi connectivity index (χ2n) is 6.08. The summed E-state index contributed by atoms with van der Waals surface area (Å²) in [5.74, 6) is -3.30. The van der Waals surface area contributed by atoms with Crippen LogP contribution >= 0.6 is 0 Å². The molecule has 0 saturated heterocycles. The molecule has 3 rings (SSSR count). The Morgan fingerprint density at radius 1 is 1.03 bits per heavy atom. The minimum atomic E-state index is -4.99. The number of ketones is 1. The van der Waals surface area contributed by atoms with Crippen molar-refractivity contribution in [3.05, 3.63) is 71.4 Å². The zero-order chi connectivity index (χ0) is 21.9. The summed E-state index contributed by atoms with van der Waals surface area (Å²) >= 11 is 0. The predicted octanol–water partition coefficient (Wildman–Crippen LogP) is 3.08. The van der Waals surface area contributed by atoms with Crippen molar-refractivity contribution in [3.63, 3.8) is 0 Å². The number of aliphatic hydroxyl groups excluding tert-OH is 1. The van der Waals surface area contributed by atoms with Crippen LogP contribution in [-0.4, -0.2) is 39.7 Å². The first kappa shape index (κ1) is 21.1. The van der Waals surface area contributed by atoms with E-state index < -0.39 is 41.9 Å². The molecule has 1 heterocycles. The molecular weight excluding hydrogens is 410 g/mol. The largest absolute Gasteiger partial charge is 0.454 e. The Kier molecular flexibility index (Phi) is 5.92. The van der Waals surface area contributed by atoms with Crippen LogP contribution in [0.25, 0.3) is 11.4 Å². The molecule has 0 spiro atoms. The molecule has 0 bridgehead atoms. The molecule has 1 aromatic heterocycles. The van der Waals surface area contributed by atoms with E-state index in [-0.39, 0.29) is 22.8 Å². The Labute approximate surface area is 166 Å². The number of hydrogen-bond acceptors (Lipinski definition) is 6. The number of carbonyl (C=O) groups is 2. The number of aliphatic hydroxyl groups is 1. The highest BCUT2D eigenvalue weighted by atomic mass is 19.4. The maximum atomic E-state index is 13.0. The lowest BCUT2D eigenvalue weighted by Crippen LogP contribution is -2.31. The molecule has 1 atom stereocenters. The van der Waals surface area contributed by atoms with Gasteiger partial charge in [0.2, 0.25) is 5.82 Å². The number of alkyl halides is 3. The highest BCUT2D eigenvalue weighted by Gasteiger charge is 2.39. The normalized spacial score (nSPS) is 12.4.